The van der Waals surface area contributed by atoms with Crippen LogP contribution in [-0.2, 0) is 18.7 Å². The Morgan fingerprint density at radius 2 is 2.05 bits per heavy atom. The second-order valence-electron chi connectivity index (χ2n) is 6.78. The summed E-state index contributed by atoms with van der Waals surface area (Å²) in [6.45, 7) is 12.8. The molecular formula is C15H28O5Si. The molecule has 0 aromatic carbocycles. The van der Waals surface area contributed by atoms with E-state index in [2.05, 4.69) is 33.9 Å². The maximum absolute atomic E-state index is 11.5. The van der Waals surface area contributed by atoms with Gasteiger partial charge in [0, 0.05) is 6.08 Å². The van der Waals surface area contributed by atoms with E-state index in [1.807, 2.05) is 0 Å². The molecule has 5 nitrogen and oxygen atoms in total. The number of hydrogen-bond donors (Lipinski definition) is 1. The van der Waals surface area contributed by atoms with Crippen molar-refractivity contribution < 1.29 is 23.8 Å². The zero-order valence-corrected chi connectivity index (χ0v) is 14.9. The molecule has 0 spiro atoms. The normalized spacial score (nSPS) is 24.1. The number of carbonyl (C=O) groups excluding carboxylic acids is 1. The van der Waals surface area contributed by atoms with E-state index in [1.165, 1.54) is 6.08 Å². The first-order chi connectivity index (χ1) is 9.62. The molecule has 0 aliphatic carbocycles. The molecule has 21 heavy (non-hydrogen) atoms. The molecule has 0 saturated carbocycles. The van der Waals surface area contributed by atoms with Gasteiger partial charge in [0.1, 0.15) is 12.2 Å². The molecule has 0 unspecified atom stereocenters. The maximum Gasteiger partial charge on any atom is 0.330 e. The van der Waals surface area contributed by atoms with Crippen LogP contribution < -0.4 is 0 Å². The quantitative estimate of drug-likeness (QED) is 0.338. The SMILES string of the molecule is CCOC(=O)/C=C/[C@H](O[Si](C)(C)C(C)(C)C)[C@H]1O[C@@H]1CO. The Labute approximate surface area is 128 Å². The monoisotopic (exact) mass is 316 g/mol. The van der Waals surface area contributed by atoms with Crippen molar-refractivity contribution in [2.75, 3.05) is 13.2 Å². The molecule has 1 aliphatic rings. The van der Waals surface area contributed by atoms with E-state index in [0.29, 0.717) is 6.61 Å². The third-order valence-electron chi connectivity index (χ3n) is 4.07. The van der Waals surface area contributed by atoms with Gasteiger partial charge in [-0.05, 0) is 31.1 Å². The van der Waals surface area contributed by atoms with Crippen molar-refractivity contribution in [1.29, 1.82) is 0 Å². The van der Waals surface area contributed by atoms with Crippen molar-refractivity contribution in [3.63, 3.8) is 0 Å². The predicted octanol–water partition coefficient (Wildman–Crippen LogP) is 2.26. The first kappa shape index (κ1) is 18.4. The summed E-state index contributed by atoms with van der Waals surface area (Å²) in [6.07, 6.45) is 2.37. The Morgan fingerprint density at radius 1 is 1.43 bits per heavy atom. The number of ether oxygens (including phenoxy) is 2. The summed E-state index contributed by atoms with van der Waals surface area (Å²) < 4.78 is 16.6. The molecule has 0 bridgehead atoms. The van der Waals surface area contributed by atoms with Crippen molar-refractivity contribution in [3.05, 3.63) is 12.2 Å². The average Bonchev–Trinajstić information content (AvgIpc) is 3.12. The molecule has 1 N–H and O–H groups in total. The fourth-order valence-electron chi connectivity index (χ4n) is 1.69. The van der Waals surface area contributed by atoms with Crippen LogP contribution in [0.5, 0.6) is 0 Å². The zero-order chi connectivity index (χ0) is 16.3. The van der Waals surface area contributed by atoms with Crippen LogP contribution >= 0.6 is 0 Å². The van der Waals surface area contributed by atoms with Crippen molar-refractivity contribution in [2.24, 2.45) is 0 Å². The Morgan fingerprint density at radius 3 is 2.48 bits per heavy atom. The van der Waals surface area contributed by atoms with Crippen LogP contribution in [0, 0.1) is 0 Å². The first-order valence-corrected chi connectivity index (χ1v) is 10.3. The molecule has 0 radical (unpaired) electrons. The van der Waals surface area contributed by atoms with E-state index < -0.39 is 8.32 Å². The fourth-order valence-corrected chi connectivity index (χ4v) is 2.94. The van der Waals surface area contributed by atoms with E-state index in [1.54, 1.807) is 13.0 Å². The minimum Gasteiger partial charge on any atom is -0.463 e. The van der Waals surface area contributed by atoms with Gasteiger partial charge < -0.3 is 19.0 Å². The van der Waals surface area contributed by atoms with Gasteiger partial charge in [-0.2, -0.15) is 0 Å². The second kappa shape index (κ2) is 7.04. The van der Waals surface area contributed by atoms with Crippen molar-refractivity contribution >= 4 is 14.3 Å². The Balaban J connectivity index is 2.77. The van der Waals surface area contributed by atoms with Gasteiger partial charge in [-0.25, -0.2) is 4.79 Å². The van der Waals surface area contributed by atoms with E-state index in [9.17, 15) is 4.79 Å². The summed E-state index contributed by atoms with van der Waals surface area (Å²) in [5.74, 6) is -0.387. The molecule has 0 aromatic heterocycles. The lowest BCUT2D eigenvalue weighted by Gasteiger charge is -2.38. The molecule has 3 atom stereocenters. The van der Waals surface area contributed by atoms with Gasteiger partial charge in [-0.15, -0.1) is 0 Å². The molecule has 1 fully saturated rings. The van der Waals surface area contributed by atoms with E-state index in [4.69, 9.17) is 19.0 Å². The van der Waals surface area contributed by atoms with Crippen molar-refractivity contribution in [3.8, 4) is 0 Å². The maximum atomic E-state index is 11.5. The lowest BCUT2D eigenvalue weighted by atomic mass is 10.2. The minimum atomic E-state index is -1.99. The highest BCUT2D eigenvalue weighted by Crippen LogP contribution is 2.39. The van der Waals surface area contributed by atoms with Crippen LogP contribution in [0.3, 0.4) is 0 Å². The number of rotatable bonds is 7. The van der Waals surface area contributed by atoms with Crippen molar-refractivity contribution in [1.82, 2.24) is 0 Å². The molecule has 0 amide bonds. The number of carbonyl (C=O) groups is 1. The Bertz CT molecular complexity index is 386. The van der Waals surface area contributed by atoms with Gasteiger partial charge >= 0.3 is 5.97 Å². The highest BCUT2D eigenvalue weighted by atomic mass is 28.4. The van der Waals surface area contributed by atoms with E-state index in [0.717, 1.165) is 0 Å². The Kier molecular flexibility index (Phi) is 6.16. The smallest absolute Gasteiger partial charge is 0.330 e. The largest absolute Gasteiger partial charge is 0.463 e. The number of esters is 1. The fraction of sp³-hybridized carbons (Fsp3) is 0.800. The van der Waals surface area contributed by atoms with Crippen LogP contribution in [-0.4, -0.2) is 50.9 Å². The first-order valence-electron chi connectivity index (χ1n) is 7.41. The molecule has 0 aromatic rings. The second-order valence-corrected chi connectivity index (χ2v) is 11.5. The van der Waals surface area contributed by atoms with Crippen molar-refractivity contribution in [2.45, 2.75) is 64.1 Å². The van der Waals surface area contributed by atoms with Crippen LogP contribution in [0.1, 0.15) is 27.7 Å². The third-order valence-corrected chi connectivity index (χ3v) is 8.54. The van der Waals surface area contributed by atoms with Crippen LogP contribution in [0.25, 0.3) is 0 Å². The van der Waals surface area contributed by atoms with Gasteiger partial charge in [0.05, 0.1) is 19.3 Å². The molecular weight excluding hydrogens is 288 g/mol. The standard InChI is InChI=1S/C15H28O5Si/c1-7-18-13(17)9-8-11(14-12(10-16)19-14)20-21(5,6)15(2,3)4/h8-9,11-12,14,16H,7,10H2,1-6H3/b9-8+/t11-,12+,14+/m0/s1. The van der Waals surface area contributed by atoms with Gasteiger partial charge in [0.25, 0.3) is 0 Å². The number of aliphatic hydroxyl groups excluding tert-OH is 1. The van der Waals surface area contributed by atoms with Gasteiger partial charge in [-0.3, -0.25) is 0 Å². The summed E-state index contributed by atoms with van der Waals surface area (Å²) in [5.41, 5.74) is 0. The molecule has 1 saturated heterocycles. The minimum absolute atomic E-state index is 0.0325. The highest BCUT2D eigenvalue weighted by Gasteiger charge is 2.48. The molecule has 1 heterocycles. The zero-order valence-electron chi connectivity index (χ0n) is 13.9. The molecule has 1 rings (SSSR count). The summed E-state index contributed by atoms with van der Waals surface area (Å²) in [7, 11) is -1.99. The predicted molar refractivity (Wildman–Crippen MR) is 83.6 cm³/mol. The Hall–Kier alpha value is -0.693. The van der Waals surface area contributed by atoms with Gasteiger partial charge in [-0.1, -0.05) is 20.8 Å². The lowest BCUT2D eigenvalue weighted by molar-refractivity contribution is -0.137. The van der Waals surface area contributed by atoms with E-state index in [-0.39, 0.29) is 35.9 Å². The van der Waals surface area contributed by atoms with Crippen LogP contribution in [0.15, 0.2) is 12.2 Å². The molecule has 1 aliphatic heterocycles. The summed E-state index contributed by atoms with van der Waals surface area (Å²) in [4.78, 5) is 11.5. The van der Waals surface area contributed by atoms with Gasteiger partial charge in [0.15, 0.2) is 8.32 Å². The van der Waals surface area contributed by atoms with Crippen LogP contribution in [0.2, 0.25) is 18.1 Å². The molecule has 6 heteroatoms. The summed E-state index contributed by atoms with van der Waals surface area (Å²) in [5, 5.41) is 9.22. The third kappa shape index (κ3) is 5.21. The lowest BCUT2D eigenvalue weighted by Crippen LogP contribution is -2.45. The summed E-state index contributed by atoms with van der Waals surface area (Å²) in [6, 6.07) is 0. The topological polar surface area (TPSA) is 68.3 Å². The highest BCUT2D eigenvalue weighted by molar-refractivity contribution is 6.74. The molecule has 122 valence electrons. The number of epoxide rings is 1. The van der Waals surface area contributed by atoms with E-state index >= 15 is 0 Å². The number of hydrogen-bond acceptors (Lipinski definition) is 5. The van der Waals surface area contributed by atoms with Gasteiger partial charge in [0.2, 0.25) is 0 Å². The summed E-state index contributed by atoms with van der Waals surface area (Å²) >= 11 is 0. The van der Waals surface area contributed by atoms with Crippen LogP contribution in [0.4, 0.5) is 0 Å². The number of aliphatic hydroxyl groups is 1. The average molecular weight is 316 g/mol.